The third-order valence-corrected chi connectivity index (χ3v) is 1.74. The molecule has 10 heavy (non-hydrogen) atoms. The summed E-state index contributed by atoms with van der Waals surface area (Å²) >= 11 is 9.55. The SMILES string of the molecule is S=CC(=S)c1ccccn1. The minimum absolute atomic E-state index is 0.621. The van der Waals surface area contributed by atoms with Gasteiger partial charge in [0.2, 0.25) is 0 Å². The molecule has 0 aliphatic carbocycles. The second-order valence-electron chi connectivity index (χ2n) is 1.70. The fraction of sp³-hybridized carbons (Fsp3) is 0. The summed E-state index contributed by atoms with van der Waals surface area (Å²) in [6.07, 6.45) is 1.69. The number of hydrogen-bond acceptors (Lipinski definition) is 3. The monoisotopic (exact) mass is 167 g/mol. The van der Waals surface area contributed by atoms with Crippen LogP contribution in [0.2, 0.25) is 0 Å². The molecule has 0 aromatic carbocycles. The van der Waals surface area contributed by atoms with Crippen molar-refractivity contribution >= 4 is 34.7 Å². The van der Waals surface area contributed by atoms with Gasteiger partial charge in [0.05, 0.1) is 10.6 Å². The zero-order valence-corrected chi connectivity index (χ0v) is 6.78. The second kappa shape index (κ2) is 3.49. The van der Waals surface area contributed by atoms with E-state index in [4.69, 9.17) is 12.2 Å². The Kier molecular flexibility index (Phi) is 2.59. The van der Waals surface area contributed by atoms with Crippen LogP contribution >= 0.6 is 24.4 Å². The fourth-order valence-corrected chi connectivity index (χ4v) is 0.810. The summed E-state index contributed by atoms with van der Waals surface area (Å²) < 4.78 is 0. The van der Waals surface area contributed by atoms with Gasteiger partial charge >= 0.3 is 0 Å². The van der Waals surface area contributed by atoms with Crippen molar-refractivity contribution in [1.82, 2.24) is 4.98 Å². The van der Waals surface area contributed by atoms with Crippen LogP contribution in [0, 0.1) is 0 Å². The molecule has 0 unspecified atom stereocenters. The van der Waals surface area contributed by atoms with Crippen molar-refractivity contribution in [2.75, 3.05) is 0 Å². The van der Waals surface area contributed by atoms with Gasteiger partial charge in [0.15, 0.2) is 0 Å². The summed E-state index contributed by atoms with van der Waals surface area (Å²) in [6.45, 7) is 0. The molecule has 1 rings (SSSR count). The van der Waals surface area contributed by atoms with Gasteiger partial charge in [-0.1, -0.05) is 30.5 Å². The Balaban J connectivity index is 2.95. The van der Waals surface area contributed by atoms with E-state index in [9.17, 15) is 0 Å². The second-order valence-corrected chi connectivity index (χ2v) is 2.37. The van der Waals surface area contributed by atoms with Crippen LogP contribution in [0.3, 0.4) is 0 Å². The van der Waals surface area contributed by atoms with Gasteiger partial charge in [0, 0.05) is 11.6 Å². The number of aromatic nitrogens is 1. The van der Waals surface area contributed by atoms with E-state index < -0.39 is 0 Å². The van der Waals surface area contributed by atoms with Crippen molar-refractivity contribution in [2.45, 2.75) is 0 Å². The molecule has 1 aromatic rings. The quantitative estimate of drug-likeness (QED) is 0.492. The highest BCUT2D eigenvalue weighted by Crippen LogP contribution is 1.94. The summed E-state index contributed by atoms with van der Waals surface area (Å²) in [5.74, 6) is 0. The third-order valence-electron chi connectivity index (χ3n) is 1.02. The Morgan fingerprint density at radius 3 is 2.80 bits per heavy atom. The Morgan fingerprint density at radius 1 is 1.50 bits per heavy atom. The lowest BCUT2D eigenvalue weighted by atomic mass is 10.3. The van der Waals surface area contributed by atoms with Gasteiger partial charge in [-0.15, -0.1) is 0 Å². The Morgan fingerprint density at radius 2 is 2.30 bits per heavy atom. The fourth-order valence-electron chi connectivity index (χ4n) is 0.569. The van der Waals surface area contributed by atoms with E-state index in [1.54, 1.807) is 6.20 Å². The van der Waals surface area contributed by atoms with Crippen molar-refractivity contribution in [3.05, 3.63) is 30.1 Å². The van der Waals surface area contributed by atoms with E-state index in [1.165, 1.54) is 5.37 Å². The van der Waals surface area contributed by atoms with E-state index in [0.717, 1.165) is 5.69 Å². The largest absolute Gasteiger partial charge is 0.255 e. The maximum atomic E-state index is 4.90. The first kappa shape index (κ1) is 7.44. The van der Waals surface area contributed by atoms with E-state index in [0.29, 0.717) is 4.86 Å². The van der Waals surface area contributed by atoms with Crippen LogP contribution < -0.4 is 0 Å². The summed E-state index contributed by atoms with van der Waals surface area (Å²) in [6, 6.07) is 5.56. The van der Waals surface area contributed by atoms with Crippen molar-refractivity contribution in [1.29, 1.82) is 0 Å². The number of thiocarbonyl (C=S) groups is 2. The first-order chi connectivity index (χ1) is 4.84. The van der Waals surface area contributed by atoms with Crippen LogP contribution in [0.5, 0.6) is 0 Å². The molecule has 0 aliphatic rings. The summed E-state index contributed by atoms with van der Waals surface area (Å²) in [5.41, 5.74) is 0.771. The minimum Gasteiger partial charge on any atom is -0.255 e. The van der Waals surface area contributed by atoms with Crippen LogP contribution in [0.4, 0.5) is 0 Å². The Labute approximate surface area is 70.1 Å². The number of nitrogens with zero attached hydrogens (tertiary/aromatic N) is 1. The molecule has 0 fully saturated rings. The number of pyridine rings is 1. The van der Waals surface area contributed by atoms with Crippen molar-refractivity contribution < 1.29 is 0 Å². The smallest absolute Gasteiger partial charge is 0.0818 e. The molecule has 0 bridgehead atoms. The van der Waals surface area contributed by atoms with Gasteiger partial charge in [0.25, 0.3) is 0 Å². The van der Waals surface area contributed by atoms with Gasteiger partial charge in [-0.25, -0.2) is 0 Å². The lowest BCUT2D eigenvalue weighted by molar-refractivity contribution is 1.31. The van der Waals surface area contributed by atoms with Gasteiger partial charge in [0.1, 0.15) is 0 Å². The lowest BCUT2D eigenvalue weighted by Gasteiger charge is -1.92. The first-order valence-corrected chi connectivity index (χ1v) is 3.63. The lowest BCUT2D eigenvalue weighted by Crippen LogP contribution is -1.98. The number of hydrogen-bond donors (Lipinski definition) is 0. The predicted molar refractivity (Wildman–Crippen MR) is 49.6 cm³/mol. The summed E-state index contributed by atoms with van der Waals surface area (Å²) in [4.78, 5) is 4.63. The molecule has 0 saturated carbocycles. The van der Waals surface area contributed by atoms with Crippen LogP contribution in [0.15, 0.2) is 24.4 Å². The molecule has 50 valence electrons. The predicted octanol–water partition coefficient (Wildman–Crippen LogP) is 1.80. The average molecular weight is 167 g/mol. The van der Waals surface area contributed by atoms with Crippen LogP contribution in [-0.2, 0) is 0 Å². The Hall–Kier alpha value is -0.670. The number of rotatable bonds is 2. The highest BCUT2D eigenvalue weighted by atomic mass is 32.1. The molecule has 1 nitrogen and oxygen atoms in total. The average Bonchev–Trinajstić information content (AvgIpc) is 2.05. The molecule has 0 amide bonds. The van der Waals surface area contributed by atoms with Gasteiger partial charge in [-0.2, -0.15) is 0 Å². The molecule has 0 saturated heterocycles. The molecule has 0 aliphatic heterocycles. The highest BCUT2D eigenvalue weighted by molar-refractivity contribution is 7.88. The van der Waals surface area contributed by atoms with Crippen LogP contribution in [0.1, 0.15) is 5.69 Å². The van der Waals surface area contributed by atoms with Crippen molar-refractivity contribution in [2.24, 2.45) is 0 Å². The molecule has 0 atom stereocenters. The molecule has 0 spiro atoms. The minimum atomic E-state index is 0.621. The molecule has 0 radical (unpaired) electrons. The van der Waals surface area contributed by atoms with E-state index in [-0.39, 0.29) is 0 Å². The zero-order chi connectivity index (χ0) is 7.40. The third kappa shape index (κ3) is 1.65. The van der Waals surface area contributed by atoms with Crippen LogP contribution in [0.25, 0.3) is 0 Å². The maximum Gasteiger partial charge on any atom is 0.0818 e. The first-order valence-electron chi connectivity index (χ1n) is 2.75. The van der Waals surface area contributed by atoms with Crippen molar-refractivity contribution in [3.63, 3.8) is 0 Å². The van der Waals surface area contributed by atoms with Gasteiger partial charge < -0.3 is 0 Å². The van der Waals surface area contributed by atoms with Crippen LogP contribution in [-0.4, -0.2) is 15.2 Å². The normalized spacial score (nSPS) is 8.80. The highest BCUT2D eigenvalue weighted by Gasteiger charge is 1.94. The topological polar surface area (TPSA) is 12.9 Å². The maximum absolute atomic E-state index is 4.90. The Bertz CT molecular complexity index is 243. The zero-order valence-electron chi connectivity index (χ0n) is 5.15. The molecule has 1 heterocycles. The van der Waals surface area contributed by atoms with Gasteiger partial charge in [-0.05, 0) is 12.1 Å². The molecular formula is C7H5NS2. The molecular weight excluding hydrogens is 162 g/mol. The van der Waals surface area contributed by atoms with Gasteiger partial charge in [-0.3, -0.25) is 4.98 Å². The van der Waals surface area contributed by atoms with E-state index in [1.807, 2.05) is 18.2 Å². The van der Waals surface area contributed by atoms with Crippen molar-refractivity contribution in [3.8, 4) is 0 Å². The molecule has 1 aromatic heterocycles. The standard InChI is InChI=1S/C7H5NS2/c9-5-7(10)6-3-1-2-4-8-6/h1-5H. The molecule has 0 N–H and O–H groups in total. The summed E-state index contributed by atoms with van der Waals surface area (Å²) in [7, 11) is 0. The van der Waals surface area contributed by atoms with E-state index >= 15 is 0 Å². The van der Waals surface area contributed by atoms with E-state index in [2.05, 4.69) is 17.2 Å². The molecule has 3 heteroatoms. The summed E-state index contributed by atoms with van der Waals surface area (Å²) in [5, 5.41) is 1.46.